The van der Waals surface area contributed by atoms with E-state index in [1.165, 1.54) is 62.5 Å². The molecule has 2 aliphatic carbocycles. The van der Waals surface area contributed by atoms with Crippen LogP contribution < -0.4 is 4.74 Å². The molecule has 2 aromatic rings. The van der Waals surface area contributed by atoms with Crippen molar-refractivity contribution in [1.82, 2.24) is 0 Å². The molecule has 2 heteroatoms. The van der Waals surface area contributed by atoms with Gasteiger partial charge in [0.05, 0.1) is 6.33 Å². The van der Waals surface area contributed by atoms with Crippen LogP contribution in [-0.2, 0) is 0 Å². The lowest BCUT2D eigenvalue weighted by atomic mass is 9.77. The van der Waals surface area contributed by atoms with Crippen LogP contribution in [0.25, 0.3) is 0 Å². The van der Waals surface area contributed by atoms with Gasteiger partial charge in [-0.3, -0.25) is 0 Å². The molecule has 2 fully saturated rings. The lowest BCUT2D eigenvalue weighted by Crippen LogP contribution is -2.12. The van der Waals surface area contributed by atoms with Crippen molar-refractivity contribution in [2.24, 2.45) is 11.8 Å². The Labute approximate surface area is 181 Å². The van der Waals surface area contributed by atoms with Gasteiger partial charge in [0.1, 0.15) is 11.5 Å². The Bertz CT molecular complexity index is 792. The Morgan fingerprint density at radius 3 is 1.67 bits per heavy atom. The van der Waals surface area contributed by atoms with Gasteiger partial charge in [-0.05, 0) is 104 Å². The summed E-state index contributed by atoms with van der Waals surface area (Å²) in [7, 11) is 0. The zero-order valence-electron chi connectivity index (χ0n) is 18.2. The van der Waals surface area contributed by atoms with E-state index in [4.69, 9.17) is 4.74 Å². The van der Waals surface area contributed by atoms with Gasteiger partial charge in [0.15, 0.2) is 0 Å². The Morgan fingerprint density at radius 2 is 1.20 bits per heavy atom. The van der Waals surface area contributed by atoms with Gasteiger partial charge in [-0.25, -0.2) is 4.39 Å². The Hall–Kier alpha value is -2.09. The molecule has 0 bridgehead atoms. The first kappa shape index (κ1) is 21.2. The molecule has 2 aliphatic rings. The molecule has 0 aromatic heterocycles. The SMILES string of the molecule is CC1CCC(c2ccc(Oc3ccc(C4CCC(C/C=C/F)CC4)cc3)cc2)CC1. The third kappa shape index (κ3) is 5.53. The maximum absolute atomic E-state index is 12.2. The molecular weight excluding hydrogens is 371 g/mol. The van der Waals surface area contributed by atoms with Gasteiger partial charge in [0.2, 0.25) is 0 Å². The third-order valence-electron chi connectivity index (χ3n) is 7.36. The molecule has 0 aliphatic heterocycles. The number of hydrogen-bond acceptors (Lipinski definition) is 1. The van der Waals surface area contributed by atoms with Crippen LogP contribution >= 0.6 is 0 Å². The lowest BCUT2D eigenvalue weighted by molar-refractivity contribution is 0.327. The highest BCUT2D eigenvalue weighted by Crippen LogP contribution is 2.38. The van der Waals surface area contributed by atoms with E-state index in [1.54, 1.807) is 6.08 Å². The summed E-state index contributed by atoms with van der Waals surface area (Å²) in [5, 5.41) is 0. The molecule has 2 saturated carbocycles. The second-order valence-electron chi connectivity index (χ2n) is 9.51. The molecule has 0 unspecified atom stereocenters. The molecule has 0 radical (unpaired) electrons. The second kappa shape index (κ2) is 10.3. The zero-order valence-corrected chi connectivity index (χ0v) is 18.2. The van der Waals surface area contributed by atoms with E-state index in [0.717, 1.165) is 29.8 Å². The molecule has 0 heterocycles. The van der Waals surface area contributed by atoms with E-state index in [1.807, 2.05) is 0 Å². The van der Waals surface area contributed by atoms with Crippen LogP contribution in [-0.4, -0.2) is 0 Å². The lowest BCUT2D eigenvalue weighted by Gasteiger charge is -2.28. The van der Waals surface area contributed by atoms with Gasteiger partial charge in [0, 0.05) is 0 Å². The van der Waals surface area contributed by atoms with Crippen LogP contribution in [0.2, 0.25) is 0 Å². The quantitative estimate of drug-likeness (QED) is 0.465. The van der Waals surface area contributed by atoms with Crippen LogP contribution in [0.4, 0.5) is 4.39 Å². The smallest absolute Gasteiger partial charge is 0.127 e. The molecule has 0 N–H and O–H groups in total. The minimum Gasteiger partial charge on any atom is -0.457 e. The predicted molar refractivity (Wildman–Crippen MR) is 123 cm³/mol. The number of ether oxygens (including phenoxy) is 1. The number of rotatable bonds is 6. The predicted octanol–water partition coefficient (Wildman–Crippen LogP) is 8.92. The first-order chi connectivity index (χ1) is 14.7. The largest absolute Gasteiger partial charge is 0.457 e. The first-order valence-corrected chi connectivity index (χ1v) is 11.8. The van der Waals surface area contributed by atoms with E-state index >= 15 is 0 Å². The number of benzene rings is 2. The summed E-state index contributed by atoms with van der Waals surface area (Å²) in [6.07, 6.45) is 13.4. The van der Waals surface area contributed by atoms with Gasteiger partial charge < -0.3 is 4.74 Å². The molecule has 4 rings (SSSR count). The Kier molecular flexibility index (Phi) is 7.25. The fraction of sp³-hybridized carbons (Fsp3) is 0.500. The molecule has 0 amide bonds. The summed E-state index contributed by atoms with van der Waals surface area (Å²) >= 11 is 0. The maximum atomic E-state index is 12.2. The molecular formula is C28H35FO. The Balaban J connectivity index is 1.29. The second-order valence-corrected chi connectivity index (χ2v) is 9.51. The van der Waals surface area contributed by atoms with E-state index < -0.39 is 0 Å². The fourth-order valence-electron chi connectivity index (χ4n) is 5.32. The molecule has 0 saturated heterocycles. The van der Waals surface area contributed by atoms with Crippen molar-refractivity contribution in [3.8, 4) is 11.5 Å². The minimum absolute atomic E-state index is 0.627. The Morgan fingerprint density at radius 1 is 0.733 bits per heavy atom. The van der Waals surface area contributed by atoms with Crippen LogP contribution in [0.3, 0.4) is 0 Å². The molecule has 1 nitrogen and oxygen atoms in total. The van der Waals surface area contributed by atoms with Gasteiger partial charge in [-0.15, -0.1) is 0 Å². The average Bonchev–Trinajstić information content (AvgIpc) is 2.80. The van der Waals surface area contributed by atoms with Gasteiger partial charge >= 0.3 is 0 Å². The van der Waals surface area contributed by atoms with Gasteiger partial charge in [0.25, 0.3) is 0 Å². The van der Waals surface area contributed by atoms with Crippen molar-refractivity contribution in [2.75, 3.05) is 0 Å². The number of hydrogen-bond donors (Lipinski definition) is 0. The highest BCUT2D eigenvalue weighted by molar-refractivity contribution is 5.36. The van der Waals surface area contributed by atoms with Crippen molar-refractivity contribution >= 4 is 0 Å². The highest BCUT2D eigenvalue weighted by atomic mass is 19.1. The van der Waals surface area contributed by atoms with Crippen LogP contribution in [0.1, 0.15) is 87.7 Å². The summed E-state index contributed by atoms with van der Waals surface area (Å²) in [4.78, 5) is 0. The van der Waals surface area contributed by atoms with Crippen LogP contribution in [0.15, 0.2) is 60.9 Å². The van der Waals surface area contributed by atoms with E-state index in [9.17, 15) is 4.39 Å². The normalized spacial score (nSPS) is 27.3. The summed E-state index contributed by atoms with van der Waals surface area (Å²) in [6, 6.07) is 17.4. The molecule has 0 spiro atoms. The van der Waals surface area contributed by atoms with Crippen molar-refractivity contribution in [3.05, 3.63) is 72.1 Å². The van der Waals surface area contributed by atoms with Crippen molar-refractivity contribution in [3.63, 3.8) is 0 Å². The van der Waals surface area contributed by atoms with Crippen molar-refractivity contribution in [1.29, 1.82) is 0 Å². The number of halogens is 1. The summed E-state index contributed by atoms with van der Waals surface area (Å²) in [5.74, 6) is 4.70. The molecule has 0 atom stereocenters. The molecule has 160 valence electrons. The van der Waals surface area contributed by atoms with Crippen LogP contribution in [0.5, 0.6) is 11.5 Å². The van der Waals surface area contributed by atoms with E-state index in [-0.39, 0.29) is 0 Å². The summed E-state index contributed by atoms with van der Waals surface area (Å²) < 4.78 is 18.3. The van der Waals surface area contributed by atoms with Gasteiger partial charge in [-0.2, -0.15) is 0 Å². The average molecular weight is 407 g/mol. The topological polar surface area (TPSA) is 9.23 Å². The molecule has 2 aromatic carbocycles. The highest BCUT2D eigenvalue weighted by Gasteiger charge is 2.22. The van der Waals surface area contributed by atoms with E-state index in [2.05, 4.69) is 55.5 Å². The van der Waals surface area contributed by atoms with Crippen molar-refractivity contribution < 1.29 is 9.13 Å². The fourth-order valence-corrected chi connectivity index (χ4v) is 5.32. The van der Waals surface area contributed by atoms with Gasteiger partial charge in [-0.1, -0.05) is 50.1 Å². The van der Waals surface area contributed by atoms with E-state index in [0.29, 0.717) is 18.2 Å². The third-order valence-corrected chi connectivity index (χ3v) is 7.36. The molecule has 30 heavy (non-hydrogen) atoms. The summed E-state index contributed by atoms with van der Waals surface area (Å²) in [5.41, 5.74) is 2.87. The zero-order chi connectivity index (χ0) is 20.8. The van der Waals surface area contributed by atoms with Crippen LogP contribution in [0, 0.1) is 11.8 Å². The standard InChI is InChI=1S/C28H35FO/c1-21-4-8-23(9-5-21)25-12-16-27(17-13-25)30-28-18-14-26(15-19-28)24-10-6-22(7-11-24)3-2-20-29/h2,12-24H,3-11H2,1H3/b20-2+. The minimum atomic E-state index is 0.627. The monoisotopic (exact) mass is 406 g/mol. The maximum Gasteiger partial charge on any atom is 0.127 e. The summed E-state index contributed by atoms with van der Waals surface area (Å²) in [6.45, 7) is 2.37. The number of allylic oxidation sites excluding steroid dienone is 1. The first-order valence-electron chi connectivity index (χ1n) is 11.8. The van der Waals surface area contributed by atoms with Crippen molar-refractivity contribution in [2.45, 2.75) is 76.5 Å².